The Morgan fingerprint density at radius 1 is 1.50 bits per heavy atom. The smallest absolute Gasteiger partial charge is 0.129 e. The molecule has 1 aromatic carbocycles. The molecule has 1 rings (SSSR count). The highest BCUT2D eigenvalue weighted by Crippen LogP contribution is 2.21. The molecular weight excluding hydrogens is 273 g/mol. The molecule has 0 saturated carbocycles. The molecule has 1 aromatic rings. The van der Waals surface area contributed by atoms with Crippen LogP contribution < -0.4 is 5.32 Å². The van der Waals surface area contributed by atoms with E-state index in [1.165, 1.54) is 6.07 Å². The first-order chi connectivity index (χ1) is 7.58. The minimum absolute atomic E-state index is 0.108. The molecule has 0 radical (unpaired) electrons. The number of rotatable bonds is 5. The van der Waals surface area contributed by atoms with Gasteiger partial charge in [-0.2, -0.15) is 0 Å². The Kier molecular flexibility index (Phi) is 5.38. The molecule has 0 spiro atoms. The molecule has 90 valence electrons. The largest absolute Gasteiger partial charge is 0.394 e. The zero-order valence-electron chi connectivity index (χ0n) is 9.50. The second-order valence-corrected chi connectivity index (χ2v) is 4.79. The van der Waals surface area contributed by atoms with Crippen molar-refractivity contribution in [3.05, 3.63) is 34.1 Å². The van der Waals surface area contributed by atoms with Crippen molar-refractivity contribution >= 4 is 15.9 Å². The van der Waals surface area contributed by atoms with Crippen LogP contribution in [0.15, 0.2) is 22.7 Å². The van der Waals surface area contributed by atoms with Gasteiger partial charge in [0.05, 0.1) is 12.6 Å². The summed E-state index contributed by atoms with van der Waals surface area (Å²) in [6, 6.07) is 4.79. The third-order valence-corrected chi connectivity index (χ3v) is 3.11. The summed E-state index contributed by atoms with van der Waals surface area (Å²) in [5.74, 6) is -0.302. The molecule has 2 nitrogen and oxygen atoms in total. The molecule has 0 fully saturated rings. The van der Waals surface area contributed by atoms with Crippen LogP contribution in [0.25, 0.3) is 0 Å². The van der Waals surface area contributed by atoms with Gasteiger partial charge in [-0.1, -0.05) is 28.9 Å². The van der Waals surface area contributed by atoms with Crippen molar-refractivity contribution in [2.24, 2.45) is 0 Å². The fourth-order valence-corrected chi connectivity index (χ4v) is 1.82. The third-order valence-electron chi connectivity index (χ3n) is 2.62. The quantitative estimate of drug-likeness (QED) is 0.873. The first kappa shape index (κ1) is 13.6. The van der Waals surface area contributed by atoms with Gasteiger partial charge in [0.25, 0.3) is 0 Å². The minimum atomic E-state index is -0.344. The lowest BCUT2D eigenvalue weighted by atomic mass is 10.1. The van der Waals surface area contributed by atoms with Crippen molar-refractivity contribution < 1.29 is 9.50 Å². The molecule has 0 aliphatic rings. The lowest BCUT2D eigenvalue weighted by Gasteiger charge is -2.21. The molecule has 4 heteroatoms. The third kappa shape index (κ3) is 3.54. The Balaban J connectivity index is 2.86. The van der Waals surface area contributed by atoms with Crippen molar-refractivity contribution in [2.75, 3.05) is 6.61 Å². The maximum Gasteiger partial charge on any atom is 0.129 e. The number of aliphatic hydroxyl groups is 1. The average molecular weight is 290 g/mol. The van der Waals surface area contributed by atoms with E-state index < -0.39 is 0 Å². The van der Waals surface area contributed by atoms with Crippen molar-refractivity contribution in [2.45, 2.75) is 32.4 Å². The molecule has 0 bridgehead atoms. The van der Waals surface area contributed by atoms with Crippen LogP contribution in [0.2, 0.25) is 0 Å². The van der Waals surface area contributed by atoms with E-state index in [9.17, 15) is 9.50 Å². The molecule has 0 heterocycles. The molecule has 2 atom stereocenters. The van der Waals surface area contributed by atoms with Crippen LogP contribution >= 0.6 is 15.9 Å². The first-order valence-corrected chi connectivity index (χ1v) is 6.19. The van der Waals surface area contributed by atoms with Crippen molar-refractivity contribution in [3.8, 4) is 0 Å². The van der Waals surface area contributed by atoms with E-state index >= 15 is 0 Å². The van der Waals surface area contributed by atoms with Crippen LogP contribution in [0.1, 0.15) is 31.9 Å². The molecule has 0 aromatic heterocycles. The summed E-state index contributed by atoms with van der Waals surface area (Å²) >= 11 is 3.21. The van der Waals surface area contributed by atoms with E-state index in [1.807, 2.05) is 13.8 Å². The van der Waals surface area contributed by atoms with Crippen LogP contribution in [-0.4, -0.2) is 17.8 Å². The van der Waals surface area contributed by atoms with E-state index in [1.54, 1.807) is 12.1 Å². The fourth-order valence-electron chi connectivity index (χ4n) is 1.49. The average Bonchev–Trinajstić information content (AvgIpc) is 2.26. The summed E-state index contributed by atoms with van der Waals surface area (Å²) in [6.07, 6.45) is 0.939. The molecule has 16 heavy (non-hydrogen) atoms. The zero-order valence-corrected chi connectivity index (χ0v) is 11.1. The van der Waals surface area contributed by atoms with E-state index in [2.05, 4.69) is 21.2 Å². The molecule has 0 aliphatic carbocycles. The highest BCUT2D eigenvalue weighted by molar-refractivity contribution is 9.10. The maximum absolute atomic E-state index is 13.7. The predicted molar refractivity (Wildman–Crippen MR) is 66.8 cm³/mol. The zero-order chi connectivity index (χ0) is 12.1. The van der Waals surface area contributed by atoms with E-state index in [0.29, 0.717) is 10.0 Å². The van der Waals surface area contributed by atoms with Gasteiger partial charge in [-0.05, 0) is 25.5 Å². The topological polar surface area (TPSA) is 32.3 Å². The number of benzene rings is 1. The van der Waals surface area contributed by atoms with Crippen molar-refractivity contribution in [1.29, 1.82) is 0 Å². The molecule has 0 aliphatic heterocycles. The van der Waals surface area contributed by atoms with Crippen LogP contribution in [0, 0.1) is 5.82 Å². The first-order valence-electron chi connectivity index (χ1n) is 5.40. The Hall–Kier alpha value is -0.450. The second kappa shape index (κ2) is 6.33. The monoisotopic (exact) mass is 289 g/mol. The van der Waals surface area contributed by atoms with Gasteiger partial charge in [0, 0.05) is 16.1 Å². The molecule has 0 amide bonds. The highest BCUT2D eigenvalue weighted by atomic mass is 79.9. The molecular formula is C12H17BrFNO. The summed E-state index contributed by atoms with van der Waals surface area (Å²) in [4.78, 5) is 0. The van der Waals surface area contributed by atoms with Crippen LogP contribution in [0.5, 0.6) is 0 Å². The van der Waals surface area contributed by atoms with Crippen molar-refractivity contribution in [3.63, 3.8) is 0 Å². The molecule has 2 unspecified atom stereocenters. The standard InChI is InChI=1S/C12H17BrFNO/c1-3-8(2)15-12(7-16)10-5-4-9(13)6-11(10)14/h4-6,8,12,15-16H,3,7H2,1-2H3. The normalized spacial score (nSPS) is 14.8. The Bertz CT molecular complexity index is 346. The van der Waals surface area contributed by atoms with Gasteiger partial charge in [-0.3, -0.25) is 0 Å². The lowest BCUT2D eigenvalue weighted by Crippen LogP contribution is -2.32. The number of halogens is 2. The van der Waals surface area contributed by atoms with Crippen molar-refractivity contribution in [1.82, 2.24) is 5.32 Å². The van der Waals surface area contributed by atoms with Gasteiger partial charge < -0.3 is 10.4 Å². The SMILES string of the molecule is CCC(C)NC(CO)c1ccc(Br)cc1F. The fraction of sp³-hybridized carbons (Fsp3) is 0.500. The number of hydrogen-bond acceptors (Lipinski definition) is 2. The number of nitrogens with one attached hydrogen (secondary N) is 1. The van der Waals surface area contributed by atoms with Gasteiger partial charge in [0.1, 0.15) is 5.82 Å². The van der Waals surface area contributed by atoms with Crippen LogP contribution in [0.3, 0.4) is 0 Å². The number of hydrogen-bond donors (Lipinski definition) is 2. The van der Waals surface area contributed by atoms with E-state index in [0.717, 1.165) is 6.42 Å². The van der Waals surface area contributed by atoms with Gasteiger partial charge in [-0.15, -0.1) is 0 Å². The van der Waals surface area contributed by atoms with Crippen LogP contribution in [-0.2, 0) is 0 Å². The summed E-state index contributed by atoms with van der Waals surface area (Å²) in [6.45, 7) is 3.95. The maximum atomic E-state index is 13.7. The Morgan fingerprint density at radius 2 is 2.19 bits per heavy atom. The van der Waals surface area contributed by atoms with E-state index in [-0.39, 0.29) is 24.5 Å². The van der Waals surface area contributed by atoms with E-state index in [4.69, 9.17) is 0 Å². The molecule has 2 N–H and O–H groups in total. The second-order valence-electron chi connectivity index (χ2n) is 3.88. The van der Waals surface area contributed by atoms with Gasteiger partial charge in [0.15, 0.2) is 0 Å². The predicted octanol–water partition coefficient (Wildman–Crippen LogP) is 3.01. The summed E-state index contributed by atoms with van der Waals surface area (Å²) in [5, 5.41) is 12.5. The Morgan fingerprint density at radius 3 is 2.69 bits per heavy atom. The number of aliphatic hydroxyl groups excluding tert-OH is 1. The minimum Gasteiger partial charge on any atom is -0.394 e. The van der Waals surface area contributed by atoms with Crippen LogP contribution in [0.4, 0.5) is 4.39 Å². The highest BCUT2D eigenvalue weighted by Gasteiger charge is 2.16. The molecule has 0 saturated heterocycles. The lowest BCUT2D eigenvalue weighted by molar-refractivity contribution is 0.231. The summed E-state index contributed by atoms with van der Waals surface area (Å²) in [5.41, 5.74) is 0.506. The van der Waals surface area contributed by atoms with Gasteiger partial charge >= 0.3 is 0 Å². The van der Waals surface area contributed by atoms with Gasteiger partial charge in [-0.25, -0.2) is 4.39 Å². The summed E-state index contributed by atoms with van der Waals surface area (Å²) < 4.78 is 14.4. The van der Waals surface area contributed by atoms with Gasteiger partial charge in [0.2, 0.25) is 0 Å². The Labute approximate surface area is 104 Å². The summed E-state index contributed by atoms with van der Waals surface area (Å²) in [7, 11) is 0.